The van der Waals surface area contributed by atoms with E-state index in [2.05, 4.69) is 42.2 Å². The minimum Gasteiger partial charge on any atom is -0.356 e. The van der Waals surface area contributed by atoms with E-state index in [1.54, 1.807) is 6.08 Å². The van der Waals surface area contributed by atoms with Crippen LogP contribution in [0.3, 0.4) is 0 Å². The summed E-state index contributed by atoms with van der Waals surface area (Å²) in [6.07, 6.45) is 14.5. The van der Waals surface area contributed by atoms with Crippen LogP contribution in [0.1, 0.15) is 51.0 Å². The van der Waals surface area contributed by atoms with Gasteiger partial charge in [-0.3, -0.25) is 4.79 Å². The van der Waals surface area contributed by atoms with Gasteiger partial charge in [-0.2, -0.15) is 0 Å². The first kappa shape index (κ1) is 18.7. The van der Waals surface area contributed by atoms with Crippen LogP contribution in [-0.2, 0) is 4.79 Å². The summed E-state index contributed by atoms with van der Waals surface area (Å²) >= 11 is 0. The van der Waals surface area contributed by atoms with Crippen molar-refractivity contribution in [3.8, 4) is 0 Å². The van der Waals surface area contributed by atoms with Crippen LogP contribution in [-0.4, -0.2) is 23.9 Å². The van der Waals surface area contributed by atoms with E-state index in [0.29, 0.717) is 0 Å². The molecule has 1 fully saturated rings. The lowest BCUT2D eigenvalue weighted by molar-refractivity contribution is -0.111. The SMILES string of the molecule is CCCC1=CC(C(=O)C=Cc2cc3ccccc3nc2N2CCCC2)=CCC1. The van der Waals surface area contributed by atoms with Gasteiger partial charge in [-0.25, -0.2) is 4.98 Å². The summed E-state index contributed by atoms with van der Waals surface area (Å²) in [6, 6.07) is 10.4. The van der Waals surface area contributed by atoms with Gasteiger partial charge in [0.25, 0.3) is 0 Å². The van der Waals surface area contributed by atoms with Crippen LogP contribution in [0.2, 0.25) is 0 Å². The number of carbonyl (C=O) groups excluding carboxylic acids is 1. The van der Waals surface area contributed by atoms with Gasteiger partial charge in [0.2, 0.25) is 0 Å². The number of hydrogen-bond acceptors (Lipinski definition) is 3. The second-order valence-corrected chi connectivity index (χ2v) is 7.74. The van der Waals surface area contributed by atoms with Crippen LogP contribution >= 0.6 is 0 Å². The lowest BCUT2D eigenvalue weighted by Gasteiger charge is -2.19. The van der Waals surface area contributed by atoms with Crippen molar-refractivity contribution >= 4 is 28.6 Å². The predicted molar refractivity (Wildman–Crippen MR) is 118 cm³/mol. The maximum Gasteiger partial charge on any atom is 0.185 e. The molecule has 0 unspecified atom stereocenters. The van der Waals surface area contributed by atoms with E-state index < -0.39 is 0 Å². The van der Waals surface area contributed by atoms with Crippen LogP contribution in [0, 0.1) is 0 Å². The highest BCUT2D eigenvalue weighted by Crippen LogP contribution is 2.28. The van der Waals surface area contributed by atoms with Crippen LogP contribution < -0.4 is 4.90 Å². The number of allylic oxidation sites excluding steroid dienone is 5. The zero-order valence-electron chi connectivity index (χ0n) is 16.7. The molecule has 1 saturated heterocycles. The number of fused-ring (bicyclic) bond motifs is 1. The molecule has 144 valence electrons. The molecule has 3 nitrogen and oxygen atoms in total. The summed E-state index contributed by atoms with van der Waals surface area (Å²) < 4.78 is 0. The Hall–Kier alpha value is -2.68. The van der Waals surface area contributed by atoms with Crippen LogP contribution in [0.15, 0.2) is 59.7 Å². The summed E-state index contributed by atoms with van der Waals surface area (Å²) in [5.74, 6) is 1.09. The molecule has 0 atom stereocenters. The quantitative estimate of drug-likeness (QED) is 0.595. The fourth-order valence-corrected chi connectivity index (χ4v) is 4.14. The summed E-state index contributed by atoms with van der Waals surface area (Å²) in [5, 5.41) is 1.11. The molecule has 0 amide bonds. The van der Waals surface area contributed by atoms with Crippen molar-refractivity contribution in [2.45, 2.75) is 45.4 Å². The maximum absolute atomic E-state index is 12.8. The van der Waals surface area contributed by atoms with Crippen LogP contribution in [0.25, 0.3) is 17.0 Å². The number of aromatic nitrogens is 1. The largest absolute Gasteiger partial charge is 0.356 e. The molecule has 1 aliphatic heterocycles. The molecule has 0 bridgehead atoms. The van der Waals surface area contributed by atoms with Crippen molar-refractivity contribution in [1.29, 1.82) is 0 Å². The molecule has 0 saturated carbocycles. The van der Waals surface area contributed by atoms with Gasteiger partial charge in [0, 0.05) is 29.6 Å². The van der Waals surface area contributed by atoms with E-state index in [1.165, 1.54) is 18.4 Å². The Bertz CT molecular complexity index is 962. The third kappa shape index (κ3) is 4.09. The highest BCUT2D eigenvalue weighted by atomic mass is 16.1. The summed E-state index contributed by atoms with van der Waals surface area (Å²) in [6.45, 7) is 4.26. The summed E-state index contributed by atoms with van der Waals surface area (Å²) in [5.41, 5.74) is 4.27. The molecule has 28 heavy (non-hydrogen) atoms. The molecule has 2 heterocycles. The van der Waals surface area contributed by atoms with Gasteiger partial charge in [-0.1, -0.05) is 49.3 Å². The van der Waals surface area contributed by atoms with Gasteiger partial charge < -0.3 is 4.90 Å². The first-order valence-electron chi connectivity index (χ1n) is 10.5. The molecular weight excluding hydrogens is 344 g/mol. The minimum atomic E-state index is 0.0915. The van der Waals surface area contributed by atoms with Gasteiger partial charge in [-0.15, -0.1) is 0 Å². The third-order valence-electron chi connectivity index (χ3n) is 5.60. The molecule has 1 aliphatic carbocycles. The Morgan fingerprint density at radius 3 is 2.86 bits per heavy atom. The van der Waals surface area contributed by atoms with Crippen molar-refractivity contribution in [2.24, 2.45) is 0 Å². The van der Waals surface area contributed by atoms with Gasteiger partial charge in [0.05, 0.1) is 5.52 Å². The summed E-state index contributed by atoms with van der Waals surface area (Å²) in [4.78, 5) is 20.0. The van der Waals surface area contributed by atoms with Crippen molar-refractivity contribution < 1.29 is 4.79 Å². The Balaban J connectivity index is 1.63. The zero-order valence-corrected chi connectivity index (χ0v) is 16.7. The van der Waals surface area contributed by atoms with E-state index in [4.69, 9.17) is 4.98 Å². The first-order valence-corrected chi connectivity index (χ1v) is 10.5. The topological polar surface area (TPSA) is 33.2 Å². The second-order valence-electron chi connectivity index (χ2n) is 7.74. The number of carbonyl (C=O) groups is 1. The second kappa shape index (κ2) is 8.55. The van der Waals surface area contributed by atoms with E-state index in [-0.39, 0.29) is 5.78 Å². The highest BCUT2D eigenvalue weighted by Gasteiger charge is 2.17. The fraction of sp³-hybridized carbons (Fsp3) is 0.360. The highest BCUT2D eigenvalue weighted by molar-refractivity contribution is 6.08. The van der Waals surface area contributed by atoms with Gasteiger partial charge in [-0.05, 0) is 56.4 Å². The van der Waals surface area contributed by atoms with Crippen LogP contribution in [0.5, 0.6) is 0 Å². The monoisotopic (exact) mass is 372 g/mol. The molecule has 2 aliphatic rings. The number of hydrogen-bond donors (Lipinski definition) is 0. The molecule has 0 N–H and O–H groups in total. The number of rotatable bonds is 6. The molecule has 3 heteroatoms. The fourth-order valence-electron chi connectivity index (χ4n) is 4.14. The molecule has 0 radical (unpaired) electrons. The number of ketones is 1. The number of anilines is 1. The third-order valence-corrected chi connectivity index (χ3v) is 5.60. The smallest absolute Gasteiger partial charge is 0.185 e. The van der Waals surface area contributed by atoms with E-state index in [9.17, 15) is 4.79 Å². The lowest BCUT2D eigenvalue weighted by Crippen LogP contribution is -2.20. The van der Waals surface area contributed by atoms with Crippen molar-refractivity contribution in [3.63, 3.8) is 0 Å². The van der Waals surface area contributed by atoms with Gasteiger partial charge in [0.1, 0.15) is 5.82 Å². The van der Waals surface area contributed by atoms with E-state index in [1.807, 2.05) is 18.2 Å². The number of nitrogens with zero attached hydrogens (tertiary/aromatic N) is 2. The van der Waals surface area contributed by atoms with Crippen molar-refractivity contribution in [3.05, 3.63) is 65.3 Å². The predicted octanol–water partition coefficient (Wildman–Crippen LogP) is 5.86. The Labute approximate surface area is 167 Å². The molecule has 1 aromatic carbocycles. The molecular formula is C25H28N2O. The maximum atomic E-state index is 12.8. The Morgan fingerprint density at radius 2 is 2.04 bits per heavy atom. The molecule has 0 spiro atoms. The van der Waals surface area contributed by atoms with E-state index >= 15 is 0 Å². The minimum absolute atomic E-state index is 0.0915. The van der Waals surface area contributed by atoms with Gasteiger partial charge >= 0.3 is 0 Å². The normalized spacial score (nSPS) is 17.2. The zero-order chi connectivity index (χ0) is 19.3. The Kier molecular flexibility index (Phi) is 5.70. The number of pyridine rings is 1. The number of benzene rings is 1. The standard InChI is InChI=1S/C25H28N2O/c1-2-8-19-9-7-11-21(17-19)24(28)14-13-22-18-20-10-3-4-12-23(20)26-25(22)27-15-5-6-16-27/h3-4,10-14,17-18H,2,5-9,15-16H2,1H3. The average molecular weight is 373 g/mol. The molecule has 4 rings (SSSR count). The summed E-state index contributed by atoms with van der Waals surface area (Å²) in [7, 11) is 0. The van der Waals surface area contributed by atoms with Crippen molar-refractivity contribution in [1.82, 2.24) is 4.98 Å². The number of para-hydroxylation sites is 1. The Morgan fingerprint density at radius 1 is 1.21 bits per heavy atom. The average Bonchev–Trinajstić information content (AvgIpc) is 3.26. The van der Waals surface area contributed by atoms with E-state index in [0.717, 1.165) is 66.6 Å². The van der Waals surface area contributed by atoms with Crippen LogP contribution in [0.4, 0.5) is 5.82 Å². The van der Waals surface area contributed by atoms with Crippen molar-refractivity contribution in [2.75, 3.05) is 18.0 Å². The lowest BCUT2D eigenvalue weighted by atomic mass is 9.94. The van der Waals surface area contributed by atoms with Gasteiger partial charge in [0.15, 0.2) is 5.78 Å². The first-order chi connectivity index (χ1) is 13.7. The molecule has 1 aromatic heterocycles. The molecule has 2 aromatic rings.